The molecule has 0 aromatic heterocycles. The van der Waals surface area contributed by atoms with Gasteiger partial charge in [0.2, 0.25) is 0 Å². The van der Waals surface area contributed by atoms with Crippen LogP contribution < -0.4 is 5.32 Å². The summed E-state index contributed by atoms with van der Waals surface area (Å²) in [5.41, 5.74) is -0.715. The van der Waals surface area contributed by atoms with Crippen LogP contribution in [0.2, 0.25) is 0 Å². The molecule has 4 nitrogen and oxygen atoms in total. The second-order valence-electron chi connectivity index (χ2n) is 4.88. The number of ether oxygens (including phenoxy) is 1. The summed E-state index contributed by atoms with van der Waals surface area (Å²) in [5, 5.41) is 12.6. The van der Waals surface area contributed by atoms with Crippen LogP contribution in [-0.2, 0) is 4.74 Å². The highest BCUT2D eigenvalue weighted by Crippen LogP contribution is 2.08. The van der Waals surface area contributed by atoms with E-state index in [4.69, 9.17) is 11.2 Å². The first-order chi connectivity index (χ1) is 9.35. The Kier molecular flexibility index (Phi) is 5.68. The van der Waals surface area contributed by atoms with Gasteiger partial charge in [-0.1, -0.05) is 18.1 Å². The molecular weight excluding hydrogens is 261 g/mol. The quantitative estimate of drug-likeness (QED) is 0.609. The maximum Gasteiger partial charge on any atom is 0.341 e. The minimum Gasteiger partial charge on any atom is -0.459 e. The highest BCUT2D eigenvalue weighted by atomic mass is 19.1. The van der Waals surface area contributed by atoms with E-state index in [-0.39, 0.29) is 18.7 Å². The number of hydrogen-bond donors (Lipinski definition) is 2. The molecule has 108 valence electrons. The van der Waals surface area contributed by atoms with Gasteiger partial charge in [-0.3, -0.25) is 5.32 Å². The molecule has 0 amide bonds. The Morgan fingerprint density at radius 2 is 2.20 bits per heavy atom. The van der Waals surface area contributed by atoms with Gasteiger partial charge in [-0.25, -0.2) is 9.18 Å². The van der Waals surface area contributed by atoms with Gasteiger partial charge in [0.1, 0.15) is 18.5 Å². The molecule has 0 aliphatic heterocycles. The number of rotatable bonds is 6. The summed E-state index contributed by atoms with van der Waals surface area (Å²) in [6.45, 7) is 3.50. The molecule has 1 rings (SSSR count). The third-order valence-corrected chi connectivity index (χ3v) is 2.64. The number of aliphatic hydroxyl groups excluding tert-OH is 1. The van der Waals surface area contributed by atoms with Gasteiger partial charge in [0.25, 0.3) is 0 Å². The summed E-state index contributed by atoms with van der Waals surface area (Å²) >= 11 is 0. The summed E-state index contributed by atoms with van der Waals surface area (Å²) in [4.78, 5) is 11.6. The Morgan fingerprint density at radius 1 is 1.55 bits per heavy atom. The van der Waals surface area contributed by atoms with Crippen LogP contribution in [0.15, 0.2) is 24.3 Å². The predicted octanol–water partition coefficient (Wildman–Crippen LogP) is 1.34. The summed E-state index contributed by atoms with van der Waals surface area (Å²) in [6, 6.07) is 5.51. The van der Waals surface area contributed by atoms with Crippen molar-refractivity contribution in [2.45, 2.75) is 25.5 Å². The smallest absolute Gasteiger partial charge is 0.341 e. The van der Waals surface area contributed by atoms with E-state index >= 15 is 0 Å². The minimum atomic E-state index is -0.918. The average Bonchev–Trinajstić information content (AvgIpc) is 2.43. The Morgan fingerprint density at radius 3 is 2.80 bits per heavy atom. The van der Waals surface area contributed by atoms with Gasteiger partial charge in [-0.05, 0) is 26.0 Å². The van der Waals surface area contributed by atoms with Gasteiger partial charge in [0.05, 0.1) is 11.1 Å². The molecule has 0 saturated carbocycles. The van der Waals surface area contributed by atoms with E-state index in [1.807, 2.05) is 0 Å². The average molecular weight is 279 g/mol. The monoisotopic (exact) mass is 279 g/mol. The number of aliphatic hydroxyl groups is 1. The molecule has 2 N–H and O–H groups in total. The molecular formula is C15H18FNO3. The number of carbonyl (C=O) groups is 1. The fourth-order valence-corrected chi connectivity index (χ4v) is 1.36. The normalized spacial score (nSPS) is 12.6. The lowest BCUT2D eigenvalue weighted by Gasteiger charge is -2.21. The third-order valence-electron chi connectivity index (χ3n) is 2.64. The highest BCUT2D eigenvalue weighted by molar-refractivity contribution is 5.89. The number of halogens is 1. The Balaban J connectivity index is 2.42. The maximum absolute atomic E-state index is 13.3. The summed E-state index contributed by atoms with van der Waals surface area (Å²) < 4.78 is 18.2. The van der Waals surface area contributed by atoms with E-state index in [9.17, 15) is 14.3 Å². The van der Waals surface area contributed by atoms with Crippen LogP contribution in [0.3, 0.4) is 0 Å². The van der Waals surface area contributed by atoms with Crippen molar-refractivity contribution in [1.29, 1.82) is 0 Å². The highest BCUT2D eigenvalue weighted by Gasteiger charge is 2.17. The summed E-state index contributed by atoms with van der Waals surface area (Å²) in [6.07, 6.45) is 4.37. The minimum absolute atomic E-state index is 0.156. The van der Waals surface area contributed by atoms with Crippen LogP contribution in [0, 0.1) is 18.2 Å². The maximum atomic E-state index is 13.3. The predicted molar refractivity (Wildman–Crippen MR) is 73.6 cm³/mol. The van der Waals surface area contributed by atoms with Gasteiger partial charge in [-0.15, -0.1) is 6.42 Å². The van der Waals surface area contributed by atoms with Crippen LogP contribution in [0.1, 0.15) is 24.2 Å². The Labute approximate surface area is 117 Å². The van der Waals surface area contributed by atoms with Gasteiger partial charge >= 0.3 is 5.97 Å². The number of hydrogen-bond acceptors (Lipinski definition) is 4. The van der Waals surface area contributed by atoms with Crippen molar-refractivity contribution in [2.75, 3.05) is 13.2 Å². The second-order valence-corrected chi connectivity index (χ2v) is 4.88. The van der Waals surface area contributed by atoms with Crippen LogP contribution in [-0.4, -0.2) is 35.9 Å². The zero-order valence-corrected chi connectivity index (χ0v) is 11.5. The van der Waals surface area contributed by atoms with E-state index in [0.29, 0.717) is 0 Å². The van der Waals surface area contributed by atoms with Crippen molar-refractivity contribution in [3.8, 4) is 12.3 Å². The molecule has 0 bridgehead atoms. The molecule has 5 heteroatoms. The number of esters is 1. The first kappa shape index (κ1) is 16.2. The number of benzene rings is 1. The number of carbonyl (C=O) groups excluding carboxylic acids is 1. The Bertz CT molecular complexity index is 508. The summed E-state index contributed by atoms with van der Waals surface area (Å²) in [5.74, 6) is 1.05. The van der Waals surface area contributed by atoms with E-state index in [2.05, 4.69) is 11.2 Å². The van der Waals surface area contributed by atoms with Crippen molar-refractivity contribution in [3.05, 3.63) is 35.6 Å². The van der Waals surface area contributed by atoms with Crippen LogP contribution in [0.5, 0.6) is 0 Å². The molecule has 0 heterocycles. The van der Waals surface area contributed by atoms with Gasteiger partial charge in [0, 0.05) is 6.54 Å². The molecule has 0 fully saturated rings. The third kappa shape index (κ3) is 5.00. The largest absolute Gasteiger partial charge is 0.459 e. The van der Waals surface area contributed by atoms with Gasteiger partial charge in [-0.2, -0.15) is 0 Å². The van der Waals surface area contributed by atoms with Crippen molar-refractivity contribution >= 4 is 5.97 Å². The van der Waals surface area contributed by atoms with Crippen molar-refractivity contribution in [1.82, 2.24) is 5.32 Å². The van der Waals surface area contributed by atoms with E-state index in [1.54, 1.807) is 13.8 Å². The zero-order chi connectivity index (χ0) is 15.2. The molecule has 1 aromatic carbocycles. The van der Waals surface area contributed by atoms with Crippen molar-refractivity contribution in [2.24, 2.45) is 0 Å². The molecule has 1 aromatic rings. The van der Waals surface area contributed by atoms with Crippen LogP contribution >= 0.6 is 0 Å². The lowest BCUT2D eigenvalue weighted by Crippen LogP contribution is -2.43. The molecule has 0 aliphatic carbocycles. The second kappa shape index (κ2) is 7.04. The molecule has 1 unspecified atom stereocenters. The lowest BCUT2D eigenvalue weighted by molar-refractivity contribution is 0.0246. The first-order valence-electron chi connectivity index (χ1n) is 6.18. The molecule has 0 spiro atoms. The Hall–Kier alpha value is -1.90. The first-order valence-corrected chi connectivity index (χ1v) is 6.18. The van der Waals surface area contributed by atoms with Crippen LogP contribution in [0.25, 0.3) is 0 Å². The zero-order valence-electron chi connectivity index (χ0n) is 11.5. The van der Waals surface area contributed by atoms with Crippen molar-refractivity contribution in [3.63, 3.8) is 0 Å². The number of terminal acetylenes is 1. The standard InChI is InChI=1S/C15H18FNO3/c1-4-15(2,3)17-9-11(18)10-20-14(19)12-7-5-6-8-13(12)16/h1,5-8,11,17-18H,9-10H2,2-3H3. The number of β-amino-alcohol motifs (C(OH)–C–C–N with tert-alkyl or cyclic N) is 1. The van der Waals surface area contributed by atoms with E-state index in [0.717, 1.165) is 0 Å². The fourth-order valence-electron chi connectivity index (χ4n) is 1.36. The molecule has 0 radical (unpaired) electrons. The molecule has 0 saturated heterocycles. The SMILES string of the molecule is C#CC(C)(C)NCC(O)COC(=O)c1ccccc1F. The van der Waals surface area contributed by atoms with Gasteiger partial charge in [0.15, 0.2) is 0 Å². The molecule has 20 heavy (non-hydrogen) atoms. The van der Waals surface area contributed by atoms with E-state index in [1.165, 1.54) is 24.3 Å². The lowest BCUT2D eigenvalue weighted by atomic mass is 10.1. The topological polar surface area (TPSA) is 58.6 Å². The van der Waals surface area contributed by atoms with E-state index < -0.39 is 23.4 Å². The summed E-state index contributed by atoms with van der Waals surface area (Å²) in [7, 11) is 0. The van der Waals surface area contributed by atoms with Crippen LogP contribution in [0.4, 0.5) is 4.39 Å². The van der Waals surface area contributed by atoms with Gasteiger partial charge < -0.3 is 9.84 Å². The van der Waals surface area contributed by atoms with Crippen molar-refractivity contribution < 1.29 is 19.0 Å². The number of nitrogens with one attached hydrogen (secondary N) is 1. The fraction of sp³-hybridized carbons (Fsp3) is 0.400. The molecule has 1 atom stereocenters. The molecule has 0 aliphatic rings.